The number of aryl methyl sites for hydroxylation is 1. The van der Waals surface area contributed by atoms with Gasteiger partial charge < -0.3 is 5.11 Å². The second kappa shape index (κ2) is 8.27. The monoisotopic (exact) mass is 424 g/mol. The summed E-state index contributed by atoms with van der Waals surface area (Å²) in [5, 5.41) is 18.9. The maximum Gasteiger partial charge on any atom is 0.322 e. The van der Waals surface area contributed by atoms with Crippen LogP contribution in [0.25, 0.3) is 0 Å². The fourth-order valence-electron chi connectivity index (χ4n) is 2.95. The SMILES string of the molecule is Cc1ccc(F)c(C(C)C(NS(=O)(=O)c2ccc(Cl)cc2C#N)C(=O)O)c1C. The van der Waals surface area contributed by atoms with Crippen molar-refractivity contribution in [2.75, 3.05) is 0 Å². The molecule has 0 bridgehead atoms. The van der Waals surface area contributed by atoms with E-state index < -0.39 is 38.7 Å². The molecule has 2 N–H and O–H groups in total. The number of aliphatic carboxylic acids is 1. The van der Waals surface area contributed by atoms with Gasteiger partial charge in [-0.3, -0.25) is 4.79 Å². The number of benzene rings is 2. The molecule has 0 aromatic heterocycles. The van der Waals surface area contributed by atoms with Crippen LogP contribution in [0.5, 0.6) is 0 Å². The molecule has 0 saturated carbocycles. The first kappa shape index (κ1) is 21.8. The molecule has 9 heteroatoms. The first-order chi connectivity index (χ1) is 13.0. The minimum Gasteiger partial charge on any atom is -0.480 e. The van der Waals surface area contributed by atoms with Crippen molar-refractivity contribution in [2.24, 2.45) is 0 Å². The zero-order chi connectivity index (χ0) is 21.2. The van der Waals surface area contributed by atoms with Crippen LogP contribution in [0.3, 0.4) is 0 Å². The number of carboxylic acid groups (broad SMARTS) is 1. The molecule has 0 fully saturated rings. The number of nitriles is 1. The lowest BCUT2D eigenvalue weighted by Crippen LogP contribution is -2.44. The van der Waals surface area contributed by atoms with Crippen molar-refractivity contribution < 1.29 is 22.7 Å². The van der Waals surface area contributed by atoms with Crippen LogP contribution in [-0.4, -0.2) is 25.5 Å². The lowest BCUT2D eigenvalue weighted by Gasteiger charge is -2.24. The molecule has 0 amide bonds. The predicted molar refractivity (Wildman–Crippen MR) is 102 cm³/mol. The van der Waals surface area contributed by atoms with Gasteiger partial charge in [0, 0.05) is 10.9 Å². The third kappa shape index (κ3) is 4.33. The summed E-state index contributed by atoms with van der Waals surface area (Å²) in [5.41, 5.74) is 1.18. The molecule has 2 aromatic carbocycles. The van der Waals surface area contributed by atoms with Crippen molar-refractivity contribution >= 4 is 27.6 Å². The van der Waals surface area contributed by atoms with Crippen LogP contribution < -0.4 is 4.72 Å². The molecule has 0 spiro atoms. The molecule has 0 aliphatic rings. The van der Waals surface area contributed by atoms with Crippen LogP contribution in [0.2, 0.25) is 5.02 Å². The highest BCUT2D eigenvalue weighted by Gasteiger charge is 2.34. The molecule has 2 aromatic rings. The van der Waals surface area contributed by atoms with E-state index in [1.165, 1.54) is 25.1 Å². The van der Waals surface area contributed by atoms with E-state index in [0.717, 1.165) is 11.6 Å². The third-order valence-electron chi connectivity index (χ3n) is 4.59. The Labute approximate surface area is 167 Å². The van der Waals surface area contributed by atoms with E-state index in [9.17, 15) is 28.0 Å². The Hall–Kier alpha value is -2.47. The van der Waals surface area contributed by atoms with Gasteiger partial charge in [-0.25, -0.2) is 12.8 Å². The summed E-state index contributed by atoms with van der Waals surface area (Å²) in [7, 11) is -4.39. The molecule has 0 aliphatic carbocycles. The van der Waals surface area contributed by atoms with Crippen molar-refractivity contribution in [3.63, 3.8) is 0 Å². The fraction of sp³-hybridized carbons (Fsp3) is 0.263. The second-order valence-electron chi connectivity index (χ2n) is 6.38. The predicted octanol–water partition coefficient (Wildman–Crippen LogP) is 3.50. The number of rotatable bonds is 6. The highest BCUT2D eigenvalue weighted by molar-refractivity contribution is 7.89. The molecule has 2 rings (SSSR count). The van der Waals surface area contributed by atoms with Crippen molar-refractivity contribution in [1.29, 1.82) is 5.26 Å². The van der Waals surface area contributed by atoms with Gasteiger partial charge in [0.25, 0.3) is 0 Å². The average Bonchev–Trinajstić information content (AvgIpc) is 2.62. The van der Waals surface area contributed by atoms with Crippen LogP contribution in [0.15, 0.2) is 35.2 Å². The number of hydrogen-bond acceptors (Lipinski definition) is 4. The van der Waals surface area contributed by atoms with Gasteiger partial charge in [-0.05, 0) is 54.8 Å². The summed E-state index contributed by atoms with van der Waals surface area (Å²) in [4.78, 5) is 11.4. The van der Waals surface area contributed by atoms with Crippen LogP contribution in [-0.2, 0) is 14.8 Å². The molecule has 0 saturated heterocycles. The Bertz CT molecular complexity index is 1080. The molecule has 6 nitrogen and oxygen atoms in total. The largest absolute Gasteiger partial charge is 0.480 e. The number of halogens is 2. The van der Waals surface area contributed by atoms with Crippen LogP contribution in [0.4, 0.5) is 4.39 Å². The second-order valence-corrected chi connectivity index (χ2v) is 8.50. The third-order valence-corrected chi connectivity index (χ3v) is 6.32. The van der Waals surface area contributed by atoms with E-state index in [2.05, 4.69) is 4.72 Å². The number of sulfonamides is 1. The first-order valence-corrected chi connectivity index (χ1v) is 10.1. The van der Waals surface area contributed by atoms with Gasteiger partial charge in [0.2, 0.25) is 10.0 Å². The molecule has 2 atom stereocenters. The number of nitrogens with zero attached hydrogens (tertiary/aromatic N) is 1. The fourth-order valence-corrected chi connectivity index (χ4v) is 4.53. The summed E-state index contributed by atoms with van der Waals surface area (Å²) in [6.07, 6.45) is 0. The summed E-state index contributed by atoms with van der Waals surface area (Å²) >= 11 is 5.78. The smallest absolute Gasteiger partial charge is 0.322 e. The van der Waals surface area contributed by atoms with Gasteiger partial charge in [-0.15, -0.1) is 0 Å². The Morgan fingerprint density at radius 1 is 1.29 bits per heavy atom. The zero-order valence-corrected chi connectivity index (χ0v) is 16.9. The van der Waals surface area contributed by atoms with Crippen molar-refractivity contribution in [3.8, 4) is 6.07 Å². The van der Waals surface area contributed by atoms with E-state index in [4.69, 9.17) is 11.6 Å². The van der Waals surface area contributed by atoms with Crippen LogP contribution >= 0.6 is 11.6 Å². The highest BCUT2D eigenvalue weighted by atomic mass is 35.5. The van der Waals surface area contributed by atoms with E-state index >= 15 is 0 Å². The molecule has 0 aliphatic heterocycles. The first-order valence-electron chi connectivity index (χ1n) is 8.20. The quantitative estimate of drug-likeness (QED) is 0.737. The summed E-state index contributed by atoms with van der Waals surface area (Å²) in [6.45, 7) is 4.82. The Balaban J connectivity index is 2.51. The van der Waals surface area contributed by atoms with E-state index in [1.54, 1.807) is 26.0 Å². The summed E-state index contributed by atoms with van der Waals surface area (Å²) in [6, 6.07) is 6.41. The summed E-state index contributed by atoms with van der Waals surface area (Å²) in [5.74, 6) is -3.10. The Morgan fingerprint density at radius 2 is 1.93 bits per heavy atom. The molecular formula is C19H18ClFN2O4S. The van der Waals surface area contributed by atoms with Crippen molar-refractivity contribution in [1.82, 2.24) is 4.72 Å². The molecule has 2 unspecified atom stereocenters. The van der Waals surface area contributed by atoms with Gasteiger partial charge in [0.15, 0.2) is 0 Å². The zero-order valence-electron chi connectivity index (χ0n) is 15.3. The summed E-state index contributed by atoms with van der Waals surface area (Å²) < 4.78 is 42.0. The van der Waals surface area contributed by atoms with E-state index in [-0.39, 0.29) is 16.1 Å². The Kier molecular flexibility index (Phi) is 6.44. The minimum absolute atomic E-state index is 0.117. The lowest BCUT2D eigenvalue weighted by atomic mass is 9.88. The molecule has 28 heavy (non-hydrogen) atoms. The molecule has 0 heterocycles. The van der Waals surface area contributed by atoms with Crippen LogP contribution in [0.1, 0.15) is 35.1 Å². The minimum atomic E-state index is -4.39. The van der Waals surface area contributed by atoms with Crippen molar-refractivity contribution in [3.05, 3.63) is 63.4 Å². The lowest BCUT2D eigenvalue weighted by molar-refractivity contribution is -0.139. The van der Waals surface area contributed by atoms with Gasteiger partial charge >= 0.3 is 5.97 Å². The Morgan fingerprint density at radius 3 is 2.50 bits per heavy atom. The van der Waals surface area contributed by atoms with E-state index in [0.29, 0.717) is 5.56 Å². The number of hydrogen-bond donors (Lipinski definition) is 2. The normalized spacial score (nSPS) is 13.6. The van der Waals surface area contributed by atoms with Crippen LogP contribution in [0, 0.1) is 31.0 Å². The maximum atomic E-state index is 14.4. The molecular weight excluding hydrogens is 407 g/mol. The molecule has 148 valence electrons. The number of nitrogens with one attached hydrogen (secondary N) is 1. The topological polar surface area (TPSA) is 107 Å². The molecule has 0 radical (unpaired) electrons. The standard InChI is InChI=1S/C19H18ClFN2O4S/c1-10-4-6-15(21)17(11(10)2)12(3)18(19(24)25)23-28(26,27)16-7-5-14(20)8-13(16)9-22/h4-8,12,18,23H,1-3H3,(H,24,25). The van der Waals surface area contributed by atoms with Crippen molar-refractivity contribution in [2.45, 2.75) is 37.6 Å². The van der Waals surface area contributed by atoms with E-state index in [1.807, 2.05) is 0 Å². The number of carbonyl (C=O) groups is 1. The van der Waals surface area contributed by atoms with Gasteiger partial charge in [-0.1, -0.05) is 24.6 Å². The number of carboxylic acids is 1. The maximum absolute atomic E-state index is 14.4. The van der Waals surface area contributed by atoms with Gasteiger partial charge in [0.1, 0.15) is 17.9 Å². The highest BCUT2D eigenvalue weighted by Crippen LogP contribution is 2.29. The van der Waals surface area contributed by atoms with Gasteiger partial charge in [-0.2, -0.15) is 9.98 Å². The average molecular weight is 425 g/mol. The van der Waals surface area contributed by atoms with Gasteiger partial charge in [0.05, 0.1) is 10.5 Å².